The van der Waals surface area contributed by atoms with Crippen LogP contribution >= 0.6 is 15.9 Å². The highest BCUT2D eigenvalue weighted by molar-refractivity contribution is 9.11. The van der Waals surface area contributed by atoms with Crippen LogP contribution in [0.5, 0.6) is 5.75 Å². The molecule has 2 aliphatic rings. The molecule has 5 heteroatoms. The summed E-state index contributed by atoms with van der Waals surface area (Å²) in [6.07, 6.45) is 5.58. The van der Waals surface area contributed by atoms with Crippen molar-refractivity contribution >= 4 is 27.3 Å². The smallest absolute Gasteiger partial charge is 0.198 e. The van der Waals surface area contributed by atoms with Gasteiger partial charge in [0.15, 0.2) is 5.78 Å². The molecule has 1 aromatic rings. The van der Waals surface area contributed by atoms with Crippen LogP contribution in [0.2, 0.25) is 0 Å². The van der Waals surface area contributed by atoms with Gasteiger partial charge in [-0.25, -0.2) is 0 Å². The fourth-order valence-electron chi connectivity index (χ4n) is 3.63. The number of rotatable bonds is 6. The molecule has 154 valence electrons. The minimum Gasteiger partial charge on any atom is -0.508 e. The Morgan fingerprint density at radius 3 is 2.45 bits per heavy atom. The first-order chi connectivity index (χ1) is 13.4. The number of hydrogen-bond donors (Lipinski definition) is 1. The number of aliphatic hydroxyl groups is 1. The van der Waals surface area contributed by atoms with Crippen LogP contribution in [0, 0.1) is 0 Å². The van der Waals surface area contributed by atoms with Gasteiger partial charge in [-0.1, -0.05) is 35.2 Å². The molecule has 4 nitrogen and oxygen atoms in total. The van der Waals surface area contributed by atoms with Crippen LogP contribution in [-0.2, 0) is 9.53 Å². The van der Waals surface area contributed by atoms with Crippen molar-refractivity contribution in [3.05, 3.63) is 70.6 Å². The molecule has 0 atom stereocenters. The zero-order valence-electron chi connectivity index (χ0n) is 17.3. The largest absolute Gasteiger partial charge is 0.508 e. The third-order valence-corrected chi connectivity index (χ3v) is 5.37. The Bertz CT molecular complexity index is 946. The summed E-state index contributed by atoms with van der Waals surface area (Å²) in [6, 6.07) is 5.67. The quantitative estimate of drug-likeness (QED) is 0.398. The Hall–Kier alpha value is -2.11. The second kappa shape index (κ2) is 7.62. The van der Waals surface area contributed by atoms with Crippen LogP contribution in [-0.4, -0.2) is 22.1 Å². The number of hydrogen-bond acceptors (Lipinski definition) is 4. The number of carbonyl (C=O) groups excluding carboxylic acids is 1. The number of ketones is 1. The first kappa shape index (κ1) is 21.6. The van der Waals surface area contributed by atoms with E-state index < -0.39 is 11.2 Å². The van der Waals surface area contributed by atoms with E-state index in [4.69, 9.17) is 9.47 Å². The molecule has 1 aliphatic heterocycles. The maximum atomic E-state index is 13.2. The van der Waals surface area contributed by atoms with Gasteiger partial charge < -0.3 is 14.6 Å². The molecule has 29 heavy (non-hydrogen) atoms. The van der Waals surface area contributed by atoms with Gasteiger partial charge >= 0.3 is 0 Å². The average molecular weight is 459 g/mol. The Kier molecular flexibility index (Phi) is 5.67. The molecule has 3 rings (SSSR count). The summed E-state index contributed by atoms with van der Waals surface area (Å²) < 4.78 is 12.4. The van der Waals surface area contributed by atoms with E-state index in [1.165, 1.54) is 0 Å². The van der Waals surface area contributed by atoms with E-state index in [2.05, 4.69) is 29.1 Å². The lowest BCUT2D eigenvalue weighted by molar-refractivity contribution is -0.158. The van der Waals surface area contributed by atoms with Gasteiger partial charge in [0.1, 0.15) is 28.5 Å². The lowest BCUT2D eigenvalue weighted by Gasteiger charge is -2.40. The standard InChI is InChI=1S/C24H27BrO4/c1-14(25)7-8-15(2)28-17-11-12-18(16-9-10-16)19(13-17)20-21(26)23(3,4)29-24(5,6)22(20)27/h7-8,11-13,16,26H,1-2,9-10H2,3-6H3/b8-7-. The van der Waals surface area contributed by atoms with Gasteiger partial charge in [0.25, 0.3) is 0 Å². The highest BCUT2D eigenvalue weighted by atomic mass is 79.9. The first-order valence-electron chi connectivity index (χ1n) is 9.64. The van der Waals surface area contributed by atoms with Gasteiger partial charge in [-0.2, -0.15) is 0 Å². The molecule has 0 unspecified atom stereocenters. The molecule has 1 heterocycles. The SMILES string of the molecule is C=C(Br)/C=C\C(=C)Oc1ccc(C2CC2)c(C2=C(O)C(C)(C)OC(C)(C)C2=O)c1. The molecular weight excluding hydrogens is 432 g/mol. The van der Waals surface area contributed by atoms with Gasteiger partial charge in [0, 0.05) is 4.48 Å². The number of halogens is 1. The molecule has 1 fully saturated rings. The van der Waals surface area contributed by atoms with E-state index in [1.807, 2.05) is 18.2 Å². The second-order valence-corrected chi connectivity index (χ2v) is 9.57. The van der Waals surface area contributed by atoms with Gasteiger partial charge in [-0.3, -0.25) is 4.79 Å². The number of ether oxygens (including phenoxy) is 2. The van der Waals surface area contributed by atoms with Crippen molar-refractivity contribution in [3.8, 4) is 5.75 Å². The third-order valence-electron chi connectivity index (χ3n) is 5.10. The molecule has 0 spiro atoms. The van der Waals surface area contributed by atoms with E-state index in [0.717, 1.165) is 18.4 Å². The Morgan fingerprint density at radius 1 is 1.21 bits per heavy atom. The molecule has 1 N–H and O–H groups in total. The van der Waals surface area contributed by atoms with Crippen molar-refractivity contribution in [2.45, 2.75) is 57.7 Å². The van der Waals surface area contributed by atoms with Crippen molar-refractivity contribution < 1.29 is 19.4 Å². The maximum Gasteiger partial charge on any atom is 0.198 e. The highest BCUT2D eigenvalue weighted by Gasteiger charge is 2.47. The minimum absolute atomic E-state index is 0.0461. The first-order valence-corrected chi connectivity index (χ1v) is 10.4. The fraction of sp³-hybridized carbons (Fsp3) is 0.375. The van der Waals surface area contributed by atoms with Gasteiger partial charge in [0.2, 0.25) is 0 Å². The summed E-state index contributed by atoms with van der Waals surface area (Å²) in [7, 11) is 0. The Labute approximate surface area is 180 Å². The summed E-state index contributed by atoms with van der Waals surface area (Å²) in [6.45, 7) is 14.6. The third kappa shape index (κ3) is 4.57. The molecule has 1 saturated carbocycles. The Morgan fingerprint density at radius 2 is 1.86 bits per heavy atom. The normalized spacial score (nSPS) is 20.8. The highest BCUT2D eigenvalue weighted by Crippen LogP contribution is 2.47. The maximum absolute atomic E-state index is 13.2. The minimum atomic E-state index is -1.04. The van der Waals surface area contributed by atoms with Crippen molar-refractivity contribution in [3.63, 3.8) is 0 Å². The van der Waals surface area contributed by atoms with Crippen LogP contribution in [0.25, 0.3) is 5.57 Å². The van der Waals surface area contributed by atoms with E-state index in [9.17, 15) is 9.90 Å². The molecule has 1 aliphatic carbocycles. The molecule has 1 aromatic carbocycles. The summed E-state index contributed by atoms with van der Waals surface area (Å²) in [5.74, 6) is 1.10. The van der Waals surface area contributed by atoms with Crippen molar-refractivity contribution in [1.82, 2.24) is 0 Å². The summed E-state index contributed by atoms with van der Waals surface area (Å²) in [5.41, 5.74) is 0.0705. The number of aliphatic hydroxyl groups excluding tert-OH is 1. The van der Waals surface area contributed by atoms with Crippen molar-refractivity contribution in [1.29, 1.82) is 0 Å². The molecule has 0 radical (unpaired) electrons. The van der Waals surface area contributed by atoms with E-state index in [1.54, 1.807) is 39.8 Å². The van der Waals surface area contributed by atoms with Crippen LogP contribution in [0.4, 0.5) is 0 Å². The second-order valence-electron chi connectivity index (χ2n) is 8.55. The Balaban J connectivity index is 2.08. The molecule has 0 amide bonds. The molecule has 0 saturated heterocycles. The number of Topliss-reactive ketones (excluding diaryl/α,β-unsaturated/α-hetero) is 1. The molecule has 0 aromatic heterocycles. The van der Waals surface area contributed by atoms with Crippen molar-refractivity contribution in [2.75, 3.05) is 0 Å². The number of allylic oxidation sites excluding steroid dienone is 3. The van der Waals surface area contributed by atoms with E-state index in [-0.39, 0.29) is 11.5 Å². The molecule has 0 bridgehead atoms. The van der Waals surface area contributed by atoms with Crippen molar-refractivity contribution in [2.24, 2.45) is 0 Å². The summed E-state index contributed by atoms with van der Waals surface area (Å²) >= 11 is 3.26. The van der Waals surface area contributed by atoms with Gasteiger partial charge in [-0.15, -0.1) is 0 Å². The fourth-order valence-corrected chi connectivity index (χ4v) is 3.76. The monoisotopic (exact) mass is 458 g/mol. The number of benzene rings is 1. The zero-order valence-corrected chi connectivity index (χ0v) is 18.9. The summed E-state index contributed by atoms with van der Waals surface area (Å²) in [5, 5.41) is 10.9. The predicted molar refractivity (Wildman–Crippen MR) is 119 cm³/mol. The van der Waals surface area contributed by atoms with Gasteiger partial charge in [-0.05, 0) is 81.9 Å². The topological polar surface area (TPSA) is 55.8 Å². The van der Waals surface area contributed by atoms with E-state index in [0.29, 0.717) is 33.0 Å². The van der Waals surface area contributed by atoms with Crippen LogP contribution in [0.15, 0.2) is 59.5 Å². The van der Waals surface area contributed by atoms with Gasteiger partial charge in [0.05, 0.1) is 5.57 Å². The lowest BCUT2D eigenvalue weighted by Crippen LogP contribution is -2.49. The van der Waals surface area contributed by atoms with Crippen LogP contribution < -0.4 is 4.74 Å². The average Bonchev–Trinajstić information content (AvgIpc) is 3.43. The predicted octanol–water partition coefficient (Wildman–Crippen LogP) is 6.35. The van der Waals surface area contributed by atoms with Crippen LogP contribution in [0.3, 0.4) is 0 Å². The molecular formula is C24H27BrO4. The zero-order chi connectivity index (χ0) is 21.6. The lowest BCUT2D eigenvalue weighted by atomic mass is 9.81. The van der Waals surface area contributed by atoms with E-state index >= 15 is 0 Å². The summed E-state index contributed by atoms with van der Waals surface area (Å²) in [4.78, 5) is 13.2. The van der Waals surface area contributed by atoms with Crippen LogP contribution in [0.1, 0.15) is 57.6 Å². The number of carbonyl (C=O) groups is 1.